The number of alkyl halides is 4. The standard InChI is InChI=1S/C22H29F4N3O5/c1-22(2,3)34-21(31)29-12-10-28(11-13-29)9-8-27-18(30)7-5-15-4-6-16(32-19(23)24)14-17(15)33-20(25)26/h4-7,14,19-20H,8-13H2,1-3H3,(H,27,30). The molecule has 1 N–H and O–H groups in total. The number of ether oxygens (including phenoxy) is 3. The Labute approximate surface area is 195 Å². The van der Waals surface area contributed by atoms with E-state index in [9.17, 15) is 27.2 Å². The third kappa shape index (κ3) is 9.86. The van der Waals surface area contributed by atoms with Crippen LogP contribution in [0.4, 0.5) is 22.4 Å². The van der Waals surface area contributed by atoms with Gasteiger partial charge in [0.15, 0.2) is 0 Å². The second kappa shape index (κ2) is 12.4. The molecule has 0 radical (unpaired) electrons. The first-order valence-corrected chi connectivity index (χ1v) is 10.6. The number of hydrogen-bond acceptors (Lipinski definition) is 6. The molecule has 1 fully saturated rings. The fourth-order valence-corrected chi connectivity index (χ4v) is 3.07. The minimum Gasteiger partial charge on any atom is -0.444 e. The van der Waals surface area contributed by atoms with Crippen LogP contribution >= 0.6 is 0 Å². The van der Waals surface area contributed by atoms with Crippen LogP contribution in [0.5, 0.6) is 11.5 Å². The van der Waals surface area contributed by atoms with E-state index in [1.54, 1.807) is 4.90 Å². The van der Waals surface area contributed by atoms with Gasteiger partial charge >= 0.3 is 19.3 Å². The van der Waals surface area contributed by atoms with Crippen molar-refractivity contribution in [1.29, 1.82) is 0 Å². The van der Waals surface area contributed by atoms with Gasteiger partial charge in [-0.15, -0.1) is 0 Å². The van der Waals surface area contributed by atoms with Crippen LogP contribution in [0.2, 0.25) is 0 Å². The molecule has 34 heavy (non-hydrogen) atoms. The number of nitrogens with zero attached hydrogens (tertiary/aromatic N) is 2. The largest absolute Gasteiger partial charge is 0.444 e. The number of hydrogen-bond donors (Lipinski definition) is 1. The topological polar surface area (TPSA) is 80.3 Å². The molecule has 1 aromatic carbocycles. The summed E-state index contributed by atoms with van der Waals surface area (Å²) in [4.78, 5) is 27.9. The lowest BCUT2D eigenvalue weighted by atomic mass is 10.1. The summed E-state index contributed by atoms with van der Waals surface area (Å²) in [6.07, 6.45) is 2.01. The van der Waals surface area contributed by atoms with Gasteiger partial charge in [-0.1, -0.05) is 0 Å². The molecule has 1 aliphatic heterocycles. The van der Waals surface area contributed by atoms with E-state index in [0.717, 1.165) is 18.2 Å². The molecule has 0 aromatic heterocycles. The number of piperazine rings is 1. The summed E-state index contributed by atoms with van der Waals surface area (Å²) in [6.45, 7) is 2.30. The van der Waals surface area contributed by atoms with E-state index in [4.69, 9.17) is 4.74 Å². The van der Waals surface area contributed by atoms with Crippen LogP contribution in [-0.2, 0) is 9.53 Å². The lowest BCUT2D eigenvalue weighted by molar-refractivity contribution is -0.116. The van der Waals surface area contributed by atoms with Crippen molar-refractivity contribution in [1.82, 2.24) is 15.1 Å². The average molecular weight is 491 g/mol. The van der Waals surface area contributed by atoms with Crippen LogP contribution in [0.1, 0.15) is 26.3 Å². The van der Waals surface area contributed by atoms with Crippen LogP contribution in [0.3, 0.4) is 0 Å². The highest BCUT2D eigenvalue weighted by Gasteiger charge is 2.25. The molecule has 1 heterocycles. The normalized spacial score (nSPS) is 15.1. The van der Waals surface area contributed by atoms with Crippen molar-refractivity contribution in [2.75, 3.05) is 39.3 Å². The minimum atomic E-state index is -3.18. The van der Waals surface area contributed by atoms with Gasteiger partial charge in [0.25, 0.3) is 0 Å². The highest BCUT2D eigenvalue weighted by Crippen LogP contribution is 2.28. The molecule has 0 aliphatic carbocycles. The van der Waals surface area contributed by atoms with Crippen LogP contribution in [0.15, 0.2) is 24.3 Å². The second-order valence-electron chi connectivity index (χ2n) is 8.39. The molecule has 2 amide bonds. The molecule has 2 rings (SSSR count). The molecule has 0 atom stereocenters. The zero-order valence-electron chi connectivity index (χ0n) is 19.2. The maximum absolute atomic E-state index is 12.6. The number of carbonyl (C=O) groups is 2. The Bertz CT molecular complexity index is 853. The zero-order valence-corrected chi connectivity index (χ0v) is 19.2. The van der Waals surface area contributed by atoms with Crippen LogP contribution in [0.25, 0.3) is 6.08 Å². The van der Waals surface area contributed by atoms with E-state index < -0.39 is 30.5 Å². The first-order chi connectivity index (χ1) is 15.9. The summed E-state index contributed by atoms with van der Waals surface area (Å²) in [5.74, 6) is -1.22. The predicted octanol–water partition coefficient (Wildman–Crippen LogP) is 3.57. The fourth-order valence-electron chi connectivity index (χ4n) is 3.07. The summed E-state index contributed by atoms with van der Waals surface area (Å²) in [6, 6.07) is 3.27. The summed E-state index contributed by atoms with van der Waals surface area (Å²) in [7, 11) is 0. The lowest BCUT2D eigenvalue weighted by Gasteiger charge is -2.35. The Balaban J connectivity index is 1.80. The van der Waals surface area contributed by atoms with E-state index >= 15 is 0 Å². The van der Waals surface area contributed by atoms with Crippen molar-refractivity contribution in [3.05, 3.63) is 29.8 Å². The van der Waals surface area contributed by atoms with Gasteiger partial charge in [-0.05, 0) is 39.0 Å². The van der Waals surface area contributed by atoms with Crippen molar-refractivity contribution in [2.24, 2.45) is 0 Å². The molecule has 190 valence electrons. The summed E-state index contributed by atoms with van der Waals surface area (Å²) < 4.78 is 63.8. The van der Waals surface area contributed by atoms with Crippen molar-refractivity contribution >= 4 is 18.1 Å². The van der Waals surface area contributed by atoms with E-state index in [2.05, 4.69) is 19.7 Å². The van der Waals surface area contributed by atoms with E-state index in [1.165, 1.54) is 12.1 Å². The quantitative estimate of drug-likeness (QED) is 0.420. The highest BCUT2D eigenvalue weighted by atomic mass is 19.3. The Hall–Kier alpha value is -3.02. The summed E-state index contributed by atoms with van der Waals surface area (Å²) in [5, 5.41) is 2.68. The van der Waals surface area contributed by atoms with Crippen LogP contribution < -0.4 is 14.8 Å². The third-order valence-corrected chi connectivity index (χ3v) is 4.59. The van der Waals surface area contributed by atoms with Gasteiger partial charge < -0.3 is 24.4 Å². The highest BCUT2D eigenvalue weighted by molar-refractivity contribution is 5.92. The molecular formula is C22H29F4N3O5. The van der Waals surface area contributed by atoms with Crippen molar-refractivity contribution in [3.8, 4) is 11.5 Å². The van der Waals surface area contributed by atoms with Gasteiger partial charge in [0.2, 0.25) is 5.91 Å². The number of amides is 2. The van der Waals surface area contributed by atoms with Gasteiger partial charge in [0.1, 0.15) is 17.1 Å². The monoisotopic (exact) mass is 491 g/mol. The number of rotatable bonds is 9. The average Bonchev–Trinajstić information content (AvgIpc) is 2.71. The number of benzene rings is 1. The number of halogens is 4. The SMILES string of the molecule is CC(C)(C)OC(=O)N1CCN(CCNC(=O)C=Cc2ccc(OC(F)F)cc2OC(F)F)CC1. The van der Waals surface area contributed by atoms with E-state index in [-0.39, 0.29) is 17.4 Å². The molecule has 0 spiro atoms. The Morgan fingerprint density at radius 1 is 1.06 bits per heavy atom. The molecule has 8 nitrogen and oxygen atoms in total. The minimum absolute atomic E-state index is 0.0929. The molecule has 1 saturated heterocycles. The van der Waals surface area contributed by atoms with Gasteiger partial charge in [0.05, 0.1) is 0 Å². The Morgan fingerprint density at radius 2 is 1.71 bits per heavy atom. The van der Waals surface area contributed by atoms with E-state index in [1.807, 2.05) is 20.8 Å². The molecule has 1 aliphatic rings. The molecule has 0 bridgehead atoms. The van der Waals surface area contributed by atoms with Gasteiger partial charge in [-0.3, -0.25) is 9.69 Å². The Morgan fingerprint density at radius 3 is 2.29 bits per heavy atom. The van der Waals surface area contributed by atoms with Crippen LogP contribution in [0, 0.1) is 0 Å². The Kier molecular flexibility index (Phi) is 9.97. The first-order valence-electron chi connectivity index (χ1n) is 10.6. The number of nitrogens with one attached hydrogen (secondary N) is 1. The molecule has 12 heteroatoms. The smallest absolute Gasteiger partial charge is 0.410 e. The van der Waals surface area contributed by atoms with Crippen molar-refractivity contribution in [2.45, 2.75) is 39.6 Å². The molecule has 0 unspecified atom stereocenters. The fraction of sp³-hybridized carbons (Fsp3) is 0.545. The zero-order chi connectivity index (χ0) is 25.3. The van der Waals surface area contributed by atoms with Crippen molar-refractivity contribution < 1.29 is 41.4 Å². The maximum Gasteiger partial charge on any atom is 0.410 e. The first kappa shape index (κ1) is 27.2. The van der Waals surface area contributed by atoms with E-state index in [0.29, 0.717) is 39.3 Å². The third-order valence-electron chi connectivity index (χ3n) is 4.59. The summed E-state index contributed by atoms with van der Waals surface area (Å²) >= 11 is 0. The number of carbonyl (C=O) groups excluding carboxylic acids is 2. The van der Waals surface area contributed by atoms with Crippen molar-refractivity contribution in [3.63, 3.8) is 0 Å². The molecular weight excluding hydrogens is 462 g/mol. The summed E-state index contributed by atoms with van der Waals surface area (Å²) in [5.41, 5.74) is -0.463. The van der Waals surface area contributed by atoms with Gasteiger partial charge in [-0.25, -0.2) is 4.79 Å². The van der Waals surface area contributed by atoms with Gasteiger partial charge in [0, 0.05) is 57.0 Å². The molecule has 1 aromatic rings. The van der Waals surface area contributed by atoms with Crippen LogP contribution in [-0.4, -0.2) is 79.9 Å². The predicted molar refractivity (Wildman–Crippen MR) is 116 cm³/mol. The lowest BCUT2D eigenvalue weighted by Crippen LogP contribution is -2.51. The second-order valence-corrected chi connectivity index (χ2v) is 8.39. The van der Waals surface area contributed by atoms with Gasteiger partial charge in [-0.2, -0.15) is 17.6 Å². The maximum atomic E-state index is 12.6. The molecule has 0 saturated carbocycles.